The highest BCUT2D eigenvalue weighted by molar-refractivity contribution is 5.20. The minimum absolute atomic E-state index is 0.369. The van der Waals surface area contributed by atoms with Crippen LogP contribution in [0.3, 0.4) is 0 Å². The SMILES string of the molecule is CCC(CC)CNC(CN)C(C)c1ccccc1. The molecule has 0 aromatic heterocycles. The second kappa shape index (κ2) is 8.28. The molecule has 1 aromatic carbocycles. The van der Waals surface area contributed by atoms with Gasteiger partial charge in [-0.05, 0) is 23.9 Å². The molecule has 0 amide bonds. The van der Waals surface area contributed by atoms with Crippen LogP contribution in [0.5, 0.6) is 0 Å². The highest BCUT2D eigenvalue weighted by Gasteiger charge is 2.17. The van der Waals surface area contributed by atoms with Crippen LogP contribution in [0.4, 0.5) is 0 Å². The van der Waals surface area contributed by atoms with Gasteiger partial charge in [0.25, 0.3) is 0 Å². The summed E-state index contributed by atoms with van der Waals surface area (Å²) >= 11 is 0. The molecule has 1 rings (SSSR count). The average molecular weight is 248 g/mol. The summed E-state index contributed by atoms with van der Waals surface area (Å²) in [6.07, 6.45) is 2.47. The number of benzene rings is 1. The van der Waals surface area contributed by atoms with E-state index in [-0.39, 0.29) is 0 Å². The van der Waals surface area contributed by atoms with Gasteiger partial charge < -0.3 is 11.1 Å². The third kappa shape index (κ3) is 4.43. The molecule has 0 spiro atoms. The Hall–Kier alpha value is -0.860. The topological polar surface area (TPSA) is 38.0 Å². The molecule has 2 nitrogen and oxygen atoms in total. The van der Waals surface area contributed by atoms with Gasteiger partial charge in [0.1, 0.15) is 0 Å². The van der Waals surface area contributed by atoms with Gasteiger partial charge in [-0.3, -0.25) is 0 Å². The van der Waals surface area contributed by atoms with E-state index in [0.29, 0.717) is 18.5 Å². The van der Waals surface area contributed by atoms with E-state index in [4.69, 9.17) is 5.73 Å². The Morgan fingerprint density at radius 3 is 2.22 bits per heavy atom. The first-order valence-corrected chi connectivity index (χ1v) is 7.21. The van der Waals surface area contributed by atoms with Crippen molar-refractivity contribution in [3.05, 3.63) is 35.9 Å². The normalized spacial score (nSPS) is 14.7. The summed E-state index contributed by atoms with van der Waals surface area (Å²) in [5, 5.41) is 3.64. The number of nitrogens with two attached hydrogens (primary N) is 1. The van der Waals surface area contributed by atoms with Gasteiger partial charge in [-0.1, -0.05) is 63.9 Å². The maximum Gasteiger partial charge on any atom is 0.0256 e. The van der Waals surface area contributed by atoms with Crippen molar-refractivity contribution in [1.82, 2.24) is 5.32 Å². The Balaban J connectivity index is 2.55. The molecule has 2 unspecified atom stereocenters. The molecule has 0 saturated carbocycles. The average Bonchev–Trinajstić information content (AvgIpc) is 2.44. The quantitative estimate of drug-likeness (QED) is 0.741. The molecule has 0 radical (unpaired) electrons. The van der Waals surface area contributed by atoms with Gasteiger partial charge >= 0.3 is 0 Å². The van der Waals surface area contributed by atoms with Crippen LogP contribution in [0.2, 0.25) is 0 Å². The molecule has 1 aromatic rings. The third-order valence-corrected chi connectivity index (χ3v) is 4.01. The standard InChI is InChI=1S/C16H28N2/c1-4-14(5-2)12-18-16(11-17)13(3)15-9-7-6-8-10-15/h6-10,13-14,16,18H,4-5,11-12,17H2,1-3H3. The zero-order chi connectivity index (χ0) is 13.4. The molecule has 102 valence electrons. The molecular formula is C16H28N2. The summed E-state index contributed by atoms with van der Waals surface area (Å²) in [5.74, 6) is 1.23. The van der Waals surface area contributed by atoms with Crippen molar-refractivity contribution < 1.29 is 0 Å². The second-order valence-electron chi connectivity index (χ2n) is 5.13. The smallest absolute Gasteiger partial charge is 0.0256 e. The van der Waals surface area contributed by atoms with E-state index in [0.717, 1.165) is 12.5 Å². The fraction of sp³-hybridized carbons (Fsp3) is 0.625. The summed E-state index contributed by atoms with van der Waals surface area (Å²) in [5.41, 5.74) is 7.28. The van der Waals surface area contributed by atoms with Crippen molar-refractivity contribution in [2.24, 2.45) is 11.7 Å². The fourth-order valence-corrected chi connectivity index (χ4v) is 2.35. The molecule has 3 N–H and O–H groups in total. The molecule has 18 heavy (non-hydrogen) atoms. The van der Waals surface area contributed by atoms with E-state index in [2.05, 4.69) is 56.4 Å². The predicted molar refractivity (Wildman–Crippen MR) is 79.8 cm³/mol. The molecule has 2 atom stereocenters. The van der Waals surface area contributed by atoms with Gasteiger partial charge in [0.15, 0.2) is 0 Å². The van der Waals surface area contributed by atoms with Crippen molar-refractivity contribution >= 4 is 0 Å². The van der Waals surface area contributed by atoms with Gasteiger partial charge in [0.05, 0.1) is 0 Å². The van der Waals surface area contributed by atoms with Crippen molar-refractivity contribution in [1.29, 1.82) is 0 Å². The molecule has 0 saturated heterocycles. The Kier molecular flexibility index (Phi) is 6.99. The predicted octanol–water partition coefficient (Wildman–Crippen LogP) is 3.14. The van der Waals surface area contributed by atoms with E-state index in [9.17, 15) is 0 Å². The molecule has 0 aliphatic heterocycles. The number of hydrogen-bond donors (Lipinski definition) is 2. The van der Waals surface area contributed by atoms with Gasteiger partial charge in [0, 0.05) is 12.6 Å². The third-order valence-electron chi connectivity index (χ3n) is 4.01. The monoisotopic (exact) mass is 248 g/mol. The minimum atomic E-state index is 0.369. The Morgan fingerprint density at radius 1 is 1.11 bits per heavy atom. The van der Waals surface area contributed by atoms with Crippen LogP contribution in [0.15, 0.2) is 30.3 Å². The first-order valence-electron chi connectivity index (χ1n) is 7.21. The van der Waals surface area contributed by atoms with Gasteiger partial charge in [-0.25, -0.2) is 0 Å². The van der Waals surface area contributed by atoms with E-state index < -0.39 is 0 Å². The maximum atomic E-state index is 5.92. The molecule has 0 aliphatic rings. The van der Waals surface area contributed by atoms with E-state index in [1.807, 2.05) is 0 Å². The summed E-state index contributed by atoms with van der Waals surface area (Å²) in [4.78, 5) is 0. The van der Waals surface area contributed by atoms with E-state index >= 15 is 0 Å². The minimum Gasteiger partial charge on any atom is -0.329 e. The number of rotatable bonds is 8. The first kappa shape index (κ1) is 15.2. The van der Waals surface area contributed by atoms with Crippen LogP contribution in [0.25, 0.3) is 0 Å². The molecular weight excluding hydrogens is 220 g/mol. The van der Waals surface area contributed by atoms with Crippen LogP contribution in [-0.2, 0) is 0 Å². The lowest BCUT2D eigenvalue weighted by Gasteiger charge is -2.26. The van der Waals surface area contributed by atoms with Gasteiger partial charge in [-0.15, -0.1) is 0 Å². The highest BCUT2D eigenvalue weighted by Crippen LogP contribution is 2.19. The fourth-order valence-electron chi connectivity index (χ4n) is 2.35. The molecule has 0 aliphatic carbocycles. The van der Waals surface area contributed by atoms with Crippen LogP contribution in [-0.4, -0.2) is 19.1 Å². The molecule has 0 fully saturated rings. The first-order chi connectivity index (χ1) is 8.72. The Morgan fingerprint density at radius 2 is 1.72 bits per heavy atom. The lowest BCUT2D eigenvalue weighted by Crippen LogP contribution is -2.42. The Bertz CT molecular complexity index is 306. The lowest BCUT2D eigenvalue weighted by atomic mass is 9.92. The summed E-state index contributed by atoms with van der Waals surface area (Å²) < 4.78 is 0. The van der Waals surface area contributed by atoms with Crippen molar-refractivity contribution in [2.75, 3.05) is 13.1 Å². The van der Waals surface area contributed by atoms with Crippen molar-refractivity contribution in [2.45, 2.75) is 45.6 Å². The second-order valence-corrected chi connectivity index (χ2v) is 5.13. The highest BCUT2D eigenvalue weighted by atomic mass is 14.9. The summed E-state index contributed by atoms with van der Waals surface area (Å²) in [7, 11) is 0. The van der Waals surface area contributed by atoms with Crippen LogP contribution in [0.1, 0.15) is 45.1 Å². The zero-order valence-corrected chi connectivity index (χ0v) is 12.0. The summed E-state index contributed by atoms with van der Waals surface area (Å²) in [6.45, 7) is 8.54. The number of nitrogens with one attached hydrogen (secondary N) is 1. The van der Waals surface area contributed by atoms with Crippen LogP contribution < -0.4 is 11.1 Å². The van der Waals surface area contributed by atoms with Crippen LogP contribution >= 0.6 is 0 Å². The molecule has 2 heteroatoms. The maximum absolute atomic E-state index is 5.92. The van der Waals surface area contributed by atoms with E-state index in [1.54, 1.807) is 0 Å². The zero-order valence-electron chi connectivity index (χ0n) is 12.0. The van der Waals surface area contributed by atoms with Crippen molar-refractivity contribution in [3.63, 3.8) is 0 Å². The van der Waals surface area contributed by atoms with E-state index in [1.165, 1.54) is 18.4 Å². The Labute approximate surface area is 112 Å². The number of hydrogen-bond acceptors (Lipinski definition) is 2. The largest absolute Gasteiger partial charge is 0.329 e. The molecule has 0 bridgehead atoms. The van der Waals surface area contributed by atoms with Crippen molar-refractivity contribution in [3.8, 4) is 0 Å². The van der Waals surface area contributed by atoms with Gasteiger partial charge in [0.2, 0.25) is 0 Å². The van der Waals surface area contributed by atoms with Crippen LogP contribution in [0, 0.1) is 5.92 Å². The van der Waals surface area contributed by atoms with Gasteiger partial charge in [-0.2, -0.15) is 0 Å². The molecule has 0 heterocycles. The summed E-state index contributed by atoms with van der Waals surface area (Å²) in [6, 6.07) is 11.0. The lowest BCUT2D eigenvalue weighted by molar-refractivity contribution is 0.384.